The van der Waals surface area contributed by atoms with Crippen molar-refractivity contribution in [3.63, 3.8) is 0 Å². The summed E-state index contributed by atoms with van der Waals surface area (Å²) >= 11 is 0. The smallest absolute Gasteiger partial charge is 0.128 e. The Bertz CT molecular complexity index is 493. The van der Waals surface area contributed by atoms with E-state index in [1.165, 1.54) is 89.0 Å². The van der Waals surface area contributed by atoms with Gasteiger partial charge in [-0.05, 0) is 61.3 Å². The number of hydrogen-bond acceptors (Lipinski definition) is 2. The molecule has 3 rings (SSSR count). The molecule has 2 aliphatic carbocycles. The Balaban J connectivity index is 1.38. The zero-order valence-corrected chi connectivity index (χ0v) is 17.3. The van der Waals surface area contributed by atoms with Crippen LogP contribution >= 0.6 is 0 Å². The average molecular weight is 357 g/mol. The predicted octanol–water partition coefficient (Wildman–Crippen LogP) is 7.09. The minimum absolute atomic E-state index is 0.713. The Morgan fingerprint density at radius 2 is 1.35 bits per heavy atom. The van der Waals surface area contributed by atoms with Crippen molar-refractivity contribution in [1.82, 2.24) is 9.97 Å². The Hall–Kier alpha value is -0.920. The maximum atomic E-state index is 4.72. The SMILES string of the molecule is CCCCC1CCC(CCc2ncc(C3CCC(CC)CC3)cn2)CC1. The summed E-state index contributed by atoms with van der Waals surface area (Å²) in [5.74, 6) is 4.68. The lowest BCUT2D eigenvalue weighted by atomic mass is 9.78. The van der Waals surface area contributed by atoms with Gasteiger partial charge in [0.15, 0.2) is 0 Å². The summed E-state index contributed by atoms with van der Waals surface area (Å²) in [5, 5.41) is 0. The highest BCUT2D eigenvalue weighted by atomic mass is 14.9. The van der Waals surface area contributed by atoms with Gasteiger partial charge in [0, 0.05) is 18.8 Å². The number of hydrogen-bond donors (Lipinski definition) is 0. The van der Waals surface area contributed by atoms with E-state index in [1.807, 2.05) is 0 Å². The molecular formula is C24H40N2. The Morgan fingerprint density at radius 1 is 0.769 bits per heavy atom. The maximum Gasteiger partial charge on any atom is 0.128 e. The zero-order valence-electron chi connectivity index (χ0n) is 17.3. The number of unbranched alkanes of at least 4 members (excludes halogenated alkanes) is 1. The third-order valence-corrected chi connectivity index (χ3v) is 7.33. The van der Waals surface area contributed by atoms with Gasteiger partial charge in [0.1, 0.15) is 5.82 Å². The van der Waals surface area contributed by atoms with E-state index in [1.54, 1.807) is 0 Å². The van der Waals surface area contributed by atoms with E-state index in [4.69, 9.17) is 9.97 Å². The molecule has 0 atom stereocenters. The van der Waals surface area contributed by atoms with Crippen molar-refractivity contribution in [3.8, 4) is 0 Å². The van der Waals surface area contributed by atoms with Gasteiger partial charge < -0.3 is 0 Å². The quantitative estimate of drug-likeness (QED) is 0.497. The van der Waals surface area contributed by atoms with Crippen LogP contribution in [0.4, 0.5) is 0 Å². The summed E-state index contributed by atoms with van der Waals surface area (Å²) in [7, 11) is 0. The largest absolute Gasteiger partial charge is 0.241 e. The molecule has 2 saturated carbocycles. The van der Waals surface area contributed by atoms with Gasteiger partial charge in [0.2, 0.25) is 0 Å². The van der Waals surface area contributed by atoms with Crippen molar-refractivity contribution in [1.29, 1.82) is 0 Å². The normalized spacial score (nSPS) is 29.6. The molecule has 1 aromatic rings. The van der Waals surface area contributed by atoms with E-state index in [-0.39, 0.29) is 0 Å². The third-order valence-electron chi connectivity index (χ3n) is 7.33. The highest BCUT2D eigenvalue weighted by molar-refractivity contribution is 5.12. The number of nitrogens with zero attached hydrogens (tertiary/aromatic N) is 2. The molecule has 146 valence electrons. The van der Waals surface area contributed by atoms with Crippen LogP contribution in [0, 0.1) is 17.8 Å². The van der Waals surface area contributed by atoms with Gasteiger partial charge in [0.25, 0.3) is 0 Å². The third kappa shape index (κ3) is 5.79. The maximum absolute atomic E-state index is 4.72. The minimum atomic E-state index is 0.713. The van der Waals surface area contributed by atoms with Crippen molar-refractivity contribution in [2.24, 2.45) is 17.8 Å². The van der Waals surface area contributed by atoms with Crippen LogP contribution in [0.1, 0.15) is 115 Å². The van der Waals surface area contributed by atoms with Gasteiger partial charge in [-0.2, -0.15) is 0 Å². The zero-order chi connectivity index (χ0) is 18.2. The Kier molecular flexibility index (Phi) is 7.95. The number of aromatic nitrogens is 2. The van der Waals surface area contributed by atoms with Crippen LogP contribution in [0.2, 0.25) is 0 Å². The van der Waals surface area contributed by atoms with Gasteiger partial charge in [-0.3, -0.25) is 0 Å². The molecule has 26 heavy (non-hydrogen) atoms. The first kappa shape index (κ1) is 19.8. The molecule has 2 nitrogen and oxygen atoms in total. The van der Waals surface area contributed by atoms with Crippen LogP contribution in [0.3, 0.4) is 0 Å². The number of aryl methyl sites for hydroxylation is 1. The molecule has 2 fully saturated rings. The fourth-order valence-electron chi connectivity index (χ4n) is 5.24. The van der Waals surface area contributed by atoms with Crippen molar-refractivity contribution in [2.45, 2.75) is 110 Å². The summed E-state index contributed by atoms with van der Waals surface area (Å²) in [4.78, 5) is 9.44. The van der Waals surface area contributed by atoms with Crippen molar-refractivity contribution in [2.75, 3.05) is 0 Å². The van der Waals surface area contributed by atoms with Gasteiger partial charge in [-0.1, -0.05) is 65.2 Å². The van der Waals surface area contributed by atoms with Gasteiger partial charge in [-0.15, -0.1) is 0 Å². The van der Waals surface area contributed by atoms with E-state index in [0.29, 0.717) is 5.92 Å². The standard InChI is InChI=1S/C24H40N2/c1-3-5-6-20-7-9-21(10-8-20)13-16-24-25-17-23(18-26-24)22-14-11-19(4-2)12-15-22/h17-22H,3-16H2,1-2H3. The molecule has 1 heterocycles. The average Bonchev–Trinajstić information content (AvgIpc) is 2.72. The van der Waals surface area contributed by atoms with Crippen molar-refractivity contribution in [3.05, 3.63) is 23.8 Å². The molecule has 2 heteroatoms. The van der Waals surface area contributed by atoms with Crippen LogP contribution in [-0.2, 0) is 6.42 Å². The van der Waals surface area contributed by atoms with Crippen LogP contribution in [0.5, 0.6) is 0 Å². The molecule has 0 unspecified atom stereocenters. The van der Waals surface area contributed by atoms with Gasteiger partial charge >= 0.3 is 0 Å². The molecular weight excluding hydrogens is 316 g/mol. The number of rotatable bonds is 8. The molecule has 0 amide bonds. The summed E-state index contributed by atoms with van der Waals surface area (Å²) in [6, 6.07) is 0. The van der Waals surface area contributed by atoms with Crippen LogP contribution in [0.15, 0.2) is 12.4 Å². The fraction of sp³-hybridized carbons (Fsp3) is 0.833. The second-order valence-corrected chi connectivity index (χ2v) is 9.13. The molecule has 0 radical (unpaired) electrons. The highest BCUT2D eigenvalue weighted by Crippen LogP contribution is 2.37. The first-order chi connectivity index (χ1) is 12.8. The molecule has 0 spiro atoms. The molecule has 0 aromatic carbocycles. The molecule has 0 bridgehead atoms. The molecule has 0 N–H and O–H groups in total. The summed E-state index contributed by atoms with van der Waals surface area (Å²) in [6.07, 6.45) is 23.5. The predicted molar refractivity (Wildman–Crippen MR) is 110 cm³/mol. The Morgan fingerprint density at radius 3 is 1.92 bits per heavy atom. The first-order valence-corrected chi connectivity index (χ1v) is 11.6. The molecule has 1 aromatic heterocycles. The summed E-state index contributed by atoms with van der Waals surface area (Å²) in [5.41, 5.74) is 1.39. The monoisotopic (exact) mass is 356 g/mol. The van der Waals surface area contributed by atoms with Crippen molar-refractivity contribution >= 4 is 0 Å². The summed E-state index contributed by atoms with van der Waals surface area (Å²) < 4.78 is 0. The molecule has 0 aliphatic heterocycles. The van der Waals surface area contributed by atoms with E-state index < -0.39 is 0 Å². The lowest BCUT2D eigenvalue weighted by molar-refractivity contribution is 0.249. The Labute approximate surface area is 161 Å². The van der Waals surface area contributed by atoms with E-state index >= 15 is 0 Å². The summed E-state index contributed by atoms with van der Waals surface area (Å²) in [6.45, 7) is 4.65. The van der Waals surface area contributed by atoms with Gasteiger partial charge in [0.05, 0.1) is 0 Å². The second-order valence-electron chi connectivity index (χ2n) is 9.13. The molecule has 2 aliphatic rings. The molecule has 0 saturated heterocycles. The van der Waals surface area contributed by atoms with Crippen LogP contribution in [0.25, 0.3) is 0 Å². The van der Waals surface area contributed by atoms with Crippen LogP contribution < -0.4 is 0 Å². The van der Waals surface area contributed by atoms with E-state index in [9.17, 15) is 0 Å². The van der Waals surface area contributed by atoms with E-state index in [0.717, 1.165) is 30.0 Å². The van der Waals surface area contributed by atoms with Crippen molar-refractivity contribution < 1.29 is 0 Å². The fourth-order valence-corrected chi connectivity index (χ4v) is 5.24. The highest BCUT2D eigenvalue weighted by Gasteiger charge is 2.23. The van der Waals surface area contributed by atoms with Crippen LogP contribution in [-0.4, -0.2) is 9.97 Å². The van der Waals surface area contributed by atoms with Gasteiger partial charge in [-0.25, -0.2) is 9.97 Å². The minimum Gasteiger partial charge on any atom is -0.241 e. The topological polar surface area (TPSA) is 25.8 Å². The van der Waals surface area contributed by atoms with E-state index in [2.05, 4.69) is 26.2 Å². The second kappa shape index (κ2) is 10.4. The first-order valence-electron chi connectivity index (χ1n) is 11.6. The lowest BCUT2D eigenvalue weighted by Crippen LogP contribution is -2.16. The lowest BCUT2D eigenvalue weighted by Gasteiger charge is -2.28.